The third kappa shape index (κ3) is 3.82. The Morgan fingerprint density at radius 3 is 2.77 bits per heavy atom. The smallest absolute Gasteiger partial charge is 0.257 e. The van der Waals surface area contributed by atoms with E-state index < -0.39 is 15.9 Å². The molecule has 0 bridgehead atoms. The van der Waals surface area contributed by atoms with Gasteiger partial charge in [-0.25, -0.2) is 18.1 Å². The molecule has 0 radical (unpaired) electrons. The zero-order valence-electron chi connectivity index (χ0n) is 14.0. The van der Waals surface area contributed by atoms with E-state index in [0.29, 0.717) is 5.13 Å². The van der Waals surface area contributed by atoms with Crippen LogP contribution < -0.4 is 10.0 Å². The third-order valence-corrected chi connectivity index (χ3v) is 6.02. The number of benzene rings is 2. The van der Waals surface area contributed by atoms with Crippen molar-refractivity contribution in [2.45, 2.75) is 11.8 Å². The standard InChI is InChI=1S/C18H17N3O3S2/c1-3-10-19-26(23,24)14-8-5-7-13(11-14)17(22)21-18-20-16-12(2)6-4-9-15(16)25-18/h3-9,11,19H,1,10H2,2H3,(H,20,21,22). The maximum absolute atomic E-state index is 12.5. The second kappa shape index (κ2) is 7.36. The molecule has 0 aliphatic rings. The van der Waals surface area contributed by atoms with Crippen LogP contribution in [0.25, 0.3) is 10.2 Å². The van der Waals surface area contributed by atoms with Crippen molar-refractivity contribution in [3.05, 3.63) is 66.2 Å². The van der Waals surface area contributed by atoms with E-state index in [-0.39, 0.29) is 17.0 Å². The number of fused-ring (bicyclic) bond motifs is 1. The largest absolute Gasteiger partial charge is 0.298 e. The van der Waals surface area contributed by atoms with Crippen molar-refractivity contribution in [2.75, 3.05) is 11.9 Å². The lowest BCUT2D eigenvalue weighted by molar-refractivity contribution is 0.102. The number of thiazole rings is 1. The lowest BCUT2D eigenvalue weighted by atomic mass is 10.2. The lowest BCUT2D eigenvalue weighted by Gasteiger charge is -2.07. The molecular formula is C18H17N3O3S2. The summed E-state index contributed by atoms with van der Waals surface area (Å²) in [6.07, 6.45) is 1.45. The number of amides is 1. The Hall–Kier alpha value is -2.55. The van der Waals surface area contributed by atoms with E-state index in [4.69, 9.17) is 0 Å². The number of para-hydroxylation sites is 1. The van der Waals surface area contributed by atoms with Gasteiger partial charge in [0.05, 0.1) is 15.1 Å². The molecule has 0 aliphatic carbocycles. The van der Waals surface area contributed by atoms with Gasteiger partial charge in [-0.05, 0) is 36.8 Å². The van der Waals surface area contributed by atoms with Gasteiger partial charge >= 0.3 is 0 Å². The molecule has 0 spiro atoms. The molecule has 1 heterocycles. The number of carbonyl (C=O) groups is 1. The number of aromatic nitrogens is 1. The van der Waals surface area contributed by atoms with Crippen LogP contribution in [0.5, 0.6) is 0 Å². The zero-order chi connectivity index (χ0) is 18.7. The topological polar surface area (TPSA) is 88.2 Å². The average molecular weight is 387 g/mol. The van der Waals surface area contributed by atoms with Crippen LogP contribution in [0.1, 0.15) is 15.9 Å². The Morgan fingerprint density at radius 1 is 1.27 bits per heavy atom. The molecule has 3 aromatic rings. The van der Waals surface area contributed by atoms with Crippen molar-refractivity contribution in [1.82, 2.24) is 9.71 Å². The third-order valence-electron chi connectivity index (χ3n) is 3.67. The molecule has 0 unspecified atom stereocenters. The first kappa shape index (κ1) is 18.2. The molecule has 26 heavy (non-hydrogen) atoms. The molecule has 2 N–H and O–H groups in total. The van der Waals surface area contributed by atoms with Crippen LogP contribution in [0.2, 0.25) is 0 Å². The molecule has 6 nitrogen and oxygen atoms in total. The van der Waals surface area contributed by atoms with E-state index in [2.05, 4.69) is 21.6 Å². The highest BCUT2D eigenvalue weighted by Gasteiger charge is 2.16. The summed E-state index contributed by atoms with van der Waals surface area (Å²) in [6, 6.07) is 11.7. The summed E-state index contributed by atoms with van der Waals surface area (Å²) in [7, 11) is -3.69. The van der Waals surface area contributed by atoms with Gasteiger partial charge in [0.2, 0.25) is 10.0 Å². The summed E-state index contributed by atoms with van der Waals surface area (Å²) in [4.78, 5) is 16.9. The van der Waals surface area contributed by atoms with Gasteiger partial charge in [-0.15, -0.1) is 6.58 Å². The van der Waals surface area contributed by atoms with E-state index in [0.717, 1.165) is 15.8 Å². The van der Waals surface area contributed by atoms with Crippen LogP contribution in [-0.2, 0) is 10.0 Å². The summed E-state index contributed by atoms with van der Waals surface area (Å²) in [5, 5.41) is 3.20. The van der Waals surface area contributed by atoms with Crippen LogP contribution >= 0.6 is 11.3 Å². The van der Waals surface area contributed by atoms with Crippen LogP contribution in [0.4, 0.5) is 5.13 Å². The van der Waals surface area contributed by atoms with Gasteiger partial charge in [-0.1, -0.05) is 35.6 Å². The minimum Gasteiger partial charge on any atom is -0.298 e. The van der Waals surface area contributed by atoms with E-state index in [1.165, 1.54) is 35.6 Å². The molecule has 8 heteroatoms. The summed E-state index contributed by atoms with van der Waals surface area (Å²) >= 11 is 1.37. The molecular weight excluding hydrogens is 370 g/mol. The predicted molar refractivity (Wildman–Crippen MR) is 104 cm³/mol. The van der Waals surface area contributed by atoms with Gasteiger partial charge in [0.25, 0.3) is 5.91 Å². The second-order valence-corrected chi connectivity index (χ2v) is 8.36. The quantitative estimate of drug-likeness (QED) is 0.635. The first-order valence-electron chi connectivity index (χ1n) is 7.79. The van der Waals surface area contributed by atoms with Gasteiger partial charge < -0.3 is 0 Å². The van der Waals surface area contributed by atoms with Crippen molar-refractivity contribution in [3.63, 3.8) is 0 Å². The molecule has 0 fully saturated rings. The van der Waals surface area contributed by atoms with E-state index in [1.807, 2.05) is 25.1 Å². The Balaban J connectivity index is 1.84. The van der Waals surface area contributed by atoms with Crippen LogP contribution in [0.3, 0.4) is 0 Å². The summed E-state index contributed by atoms with van der Waals surface area (Å²) in [6.45, 7) is 5.55. The fourth-order valence-electron chi connectivity index (χ4n) is 2.37. The Kier molecular flexibility index (Phi) is 5.17. The highest BCUT2D eigenvalue weighted by molar-refractivity contribution is 7.89. The van der Waals surface area contributed by atoms with E-state index >= 15 is 0 Å². The van der Waals surface area contributed by atoms with Crippen molar-refractivity contribution >= 4 is 42.6 Å². The molecule has 0 atom stereocenters. The zero-order valence-corrected chi connectivity index (χ0v) is 15.7. The summed E-state index contributed by atoms with van der Waals surface area (Å²) in [5.41, 5.74) is 2.11. The first-order chi connectivity index (χ1) is 12.4. The Bertz CT molecular complexity index is 1090. The van der Waals surface area contributed by atoms with Gasteiger partial charge in [0, 0.05) is 12.1 Å². The number of sulfonamides is 1. The predicted octanol–water partition coefficient (Wildman–Crippen LogP) is 3.32. The highest BCUT2D eigenvalue weighted by atomic mass is 32.2. The number of rotatable bonds is 6. The number of hydrogen-bond donors (Lipinski definition) is 2. The van der Waals surface area contributed by atoms with Gasteiger partial charge in [0.1, 0.15) is 0 Å². The van der Waals surface area contributed by atoms with Crippen molar-refractivity contribution < 1.29 is 13.2 Å². The number of nitrogens with one attached hydrogen (secondary N) is 2. The fourth-order valence-corrected chi connectivity index (χ4v) is 4.35. The number of anilines is 1. The molecule has 0 saturated heterocycles. The molecule has 1 aromatic heterocycles. The fraction of sp³-hybridized carbons (Fsp3) is 0.111. The minimum absolute atomic E-state index is 0.0205. The summed E-state index contributed by atoms with van der Waals surface area (Å²) in [5.74, 6) is -0.414. The monoisotopic (exact) mass is 387 g/mol. The van der Waals surface area contributed by atoms with Crippen LogP contribution in [-0.4, -0.2) is 25.9 Å². The number of nitrogens with zero attached hydrogens (tertiary/aromatic N) is 1. The van der Waals surface area contributed by atoms with Crippen molar-refractivity contribution in [3.8, 4) is 0 Å². The highest BCUT2D eigenvalue weighted by Crippen LogP contribution is 2.28. The van der Waals surface area contributed by atoms with Gasteiger partial charge in [-0.3, -0.25) is 10.1 Å². The maximum atomic E-state index is 12.5. The van der Waals surface area contributed by atoms with Crippen LogP contribution in [0.15, 0.2) is 60.0 Å². The first-order valence-corrected chi connectivity index (χ1v) is 10.1. The number of aryl methyl sites for hydroxylation is 1. The SMILES string of the molecule is C=CCNS(=O)(=O)c1cccc(C(=O)Nc2nc3c(C)cccc3s2)c1. The second-order valence-electron chi connectivity index (χ2n) is 5.56. The Labute approximate surface area is 155 Å². The lowest BCUT2D eigenvalue weighted by Crippen LogP contribution is -2.24. The van der Waals surface area contributed by atoms with Crippen molar-refractivity contribution in [1.29, 1.82) is 0 Å². The average Bonchev–Trinajstić information content (AvgIpc) is 3.04. The number of carbonyl (C=O) groups excluding carboxylic acids is 1. The van der Waals surface area contributed by atoms with Crippen LogP contribution in [0, 0.1) is 6.92 Å². The van der Waals surface area contributed by atoms with Crippen molar-refractivity contribution in [2.24, 2.45) is 0 Å². The molecule has 0 aliphatic heterocycles. The minimum atomic E-state index is -3.69. The Morgan fingerprint density at radius 2 is 2.04 bits per heavy atom. The summed E-state index contributed by atoms with van der Waals surface area (Å²) < 4.78 is 27.7. The molecule has 0 saturated carbocycles. The molecule has 3 rings (SSSR count). The maximum Gasteiger partial charge on any atom is 0.257 e. The normalized spacial score (nSPS) is 11.4. The van der Waals surface area contributed by atoms with E-state index in [1.54, 1.807) is 6.07 Å². The molecule has 2 aromatic carbocycles. The number of hydrogen-bond acceptors (Lipinski definition) is 5. The molecule has 1 amide bonds. The molecule has 134 valence electrons. The van der Waals surface area contributed by atoms with Gasteiger partial charge in [0.15, 0.2) is 5.13 Å². The van der Waals surface area contributed by atoms with Gasteiger partial charge in [-0.2, -0.15) is 0 Å². The van der Waals surface area contributed by atoms with E-state index in [9.17, 15) is 13.2 Å².